The topological polar surface area (TPSA) is 58.3 Å². The molecule has 0 aliphatic rings. The first-order chi connectivity index (χ1) is 6.50. The van der Waals surface area contributed by atoms with Crippen LogP contribution in [0, 0.1) is 0 Å². The zero-order chi connectivity index (χ0) is 10.6. The SMILES string of the molecule is OC(CNCc1ccno1)C(F)(F)F. The first kappa shape index (κ1) is 11.0. The van der Waals surface area contributed by atoms with Crippen LogP contribution in [0.4, 0.5) is 13.2 Å². The Bertz CT molecular complexity index is 260. The second-order valence-electron chi connectivity index (χ2n) is 2.67. The normalized spacial score (nSPS) is 14.3. The maximum atomic E-state index is 11.8. The third kappa shape index (κ3) is 3.35. The van der Waals surface area contributed by atoms with E-state index in [0.29, 0.717) is 5.76 Å². The fourth-order valence-corrected chi connectivity index (χ4v) is 0.781. The molecule has 0 radical (unpaired) electrons. The zero-order valence-corrected chi connectivity index (χ0v) is 7.08. The molecule has 80 valence electrons. The van der Waals surface area contributed by atoms with E-state index in [4.69, 9.17) is 5.11 Å². The number of nitrogens with one attached hydrogen (secondary N) is 1. The van der Waals surface area contributed by atoms with E-state index in [9.17, 15) is 13.2 Å². The lowest BCUT2D eigenvalue weighted by atomic mass is 10.3. The molecule has 1 unspecified atom stereocenters. The van der Waals surface area contributed by atoms with Gasteiger partial charge in [-0.25, -0.2) is 0 Å². The van der Waals surface area contributed by atoms with E-state index >= 15 is 0 Å². The summed E-state index contributed by atoms with van der Waals surface area (Å²) in [5.41, 5.74) is 0. The molecular weight excluding hydrogens is 201 g/mol. The Kier molecular flexibility index (Phi) is 3.48. The highest BCUT2D eigenvalue weighted by Crippen LogP contribution is 2.19. The van der Waals surface area contributed by atoms with Gasteiger partial charge in [0.05, 0.1) is 12.7 Å². The summed E-state index contributed by atoms with van der Waals surface area (Å²) in [5.74, 6) is 0.416. The van der Waals surface area contributed by atoms with E-state index in [1.165, 1.54) is 12.3 Å². The molecule has 14 heavy (non-hydrogen) atoms. The third-order valence-corrected chi connectivity index (χ3v) is 1.51. The van der Waals surface area contributed by atoms with E-state index in [1.807, 2.05) is 0 Å². The Labute approximate surface area is 77.7 Å². The van der Waals surface area contributed by atoms with Crippen molar-refractivity contribution in [1.82, 2.24) is 10.5 Å². The predicted octanol–water partition coefficient (Wildman–Crippen LogP) is 0.687. The average Bonchev–Trinajstić information content (AvgIpc) is 2.55. The number of halogens is 3. The Morgan fingerprint density at radius 2 is 2.29 bits per heavy atom. The minimum absolute atomic E-state index is 0.104. The standard InChI is InChI=1S/C7H9F3N2O2/c8-7(9,10)6(13)4-11-3-5-1-2-12-14-5/h1-2,6,11,13H,3-4H2. The second kappa shape index (κ2) is 4.43. The zero-order valence-electron chi connectivity index (χ0n) is 7.08. The van der Waals surface area contributed by atoms with Crippen molar-refractivity contribution in [2.75, 3.05) is 6.54 Å². The molecule has 0 spiro atoms. The summed E-state index contributed by atoms with van der Waals surface area (Å²) >= 11 is 0. The van der Waals surface area contributed by atoms with Gasteiger partial charge in [-0.05, 0) is 0 Å². The van der Waals surface area contributed by atoms with Crippen molar-refractivity contribution in [1.29, 1.82) is 0 Å². The van der Waals surface area contributed by atoms with Gasteiger partial charge in [0.15, 0.2) is 6.10 Å². The van der Waals surface area contributed by atoms with Crippen molar-refractivity contribution in [3.63, 3.8) is 0 Å². The van der Waals surface area contributed by atoms with Crippen LogP contribution in [0.3, 0.4) is 0 Å². The average molecular weight is 210 g/mol. The van der Waals surface area contributed by atoms with E-state index in [-0.39, 0.29) is 6.54 Å². The molecule has 0 amide bonds. The highest BCUT2D eigenvalue weighted by molar-refractivity contribution is 4.92. The molecule has 0 saturated carbocycles. The Morgan fingerprint density at radius 3 is 2.79 bits per heavy atom. The summed E-state index contributed by atoms with van der Waals surface area (Å²) in [6, 6.07) is 1.52. The molecule has 0 aliphatic carbocycles. The van der Waals surface area contributed by atoms with Crippen molar-refractivity contribution in [2.24, 2.45) is 0 Å². The van der Waals surface area contributed by atoms with E-state index in [2.05, 4.69) is 15.0 Å². The van der Waals surface area contributed by atoms with Crippen LogP contribution in [-0.4, -0.2) is 29.1 Å². The molecule has 4 nitrogen and oxygen atoms in total. The van der Waals surface area contributed by atoms with Crippen molar-refractivity contribution in [2.45, 2.75) is 18.8 Å². The van der Waals surface area contributed by atoms with Gasteiger partial charge in [0.2, 0.25) is 0 Å². The first-order valence-electron chi connectivity index (χ1n) is 3.85. The van der Waals surface area contributed by atoms with Gasteiger partial charge in [-0.3, -0.25) is 0 Å². The lowest BCUT2D eigenvalue weighted by Gasteiger charge is -2.14. The molecule has 1 atom stereocenters. The molecule has 0 aliphatic heterocycles. The molecule has 0 bridgehead atoms. The van der Waals surface area contributed by atoms with Crippen molar-refractivity contribution >= 4 is 0 Å². The molecule has 1 aromatic rings. The highest BCUT2D eigenvalue weighted by atomic mass is 19.4. The van der Waals surface area contributed by atoms with Crippen LogP contribution in [-0.2, 0) is 6.54 Å². The second-order valence-corrected chi connectivity index (χ2v) is 2.67. The number of aliphatic hydroxyl groups is 1. The number of hydrogen-bond donors (Lipinski definition) is 2. The molecule has 2 N–H and O–H groups in total. The molecule has 0 saturated heterocycles. The van der Waals surface area contributed by atoms with Gasteiger partial charge in [-0.15, -0.1) is 0 Å². The van der Waals surface area contributed by atoms with Crippen molar-refractivity contribution in [3.8, 4) is 0 Å². The van der Waals surface area contributed by atoms with Crippen LogP contribution < -0.4 is 5.32 Å². The molecule has 1 rings (SSSR count). The number of aliphatic hydroxyl groups excluding tert-OH is 1. The third-order valence-electron chi connectivity index (χ3n) is 1.51. The van der Waals surface area contributed by atoms with Crippen LogP contribution in [0.15, 0.2) is 16.8 Å². The van der Waals surface area contributed by atoms with E-state index in [0.717, 1.165) is 0 Å². The van der Waals surface area contributed by atoms with Gasteiger partial charge in [-0.1, -0.05) is 5.16 Å². The van der Waals surface area contributed by atoms with E-state index < -0.39 is 18.8 Å². The van der Waals surface area contributed by atoms with Crippen LogP contribution in [0.25, 0.3) is 0 Å². The summed E-state index contributed by atoms with van der Waals surface area (Å²) in [7, 11) is 0. The minimum Gasteiger partial charge on any atom is -0.382 e. The van der Waals surface area contributed by atoms with E-state index in [1.54, 1.807) is 0 Å². The molecular formula is C7H9F3N2O2. The molecule has 7 heteroatoms. The van der Waals surface area contributed by atoms with Crippen molar-refractivity contribution < 1.29 is 22.8 Å². The van der Waals surface area contributed by atoms with Crippen molar-refractivity contribution in [3.05, 3.63) is 18.0 Å². The fraction of sp³-hybridized carbons (Fsp3) is 0.571. The van der Waals surface area contributed by atoms with Gasteiger partial charge in [0.25, 0.3) is 0 Å². The quantitative estimate of drug-likeness (QED) is 0.767. The maximum Gasteiger partial charge on any atom is 0.415 e. The number of alkyl halides is 3. The minimum atomic E-state index is -4.59. The molecule has 0 aromatic carbocycles. The lowest BCUT2D eigenvalue weighted by Crippen LogP contribution is -2.38. The Hall–Kier alpha value is -1.08. The largest absolute Gasteiger partial charge is 0.415 e. The lowest BCUT2D eigenvalue weighted by molar-refractivity contribution is -0.201. The maximum absolute atomic E-state index is 11.8. The van der Waals surface area contributed by atoms with Crippen LogP contribution in [0.1, 0.15) is 5.76 Å². The molecule has 1 aromatic heterocycles. The fourth-order valence-electron chi connectivity index (χ4n) is 0.781. The number of aromatic nitrogens is 1. The highest BCUT2D eigenvalue weighted by Gasteiger charge is 2.37. The number of nitrogens with zero attached hydrogens (tertiary/aromatic N) is 1. The summed E-state index contributed by atoms with van der Waals surface area (Å²) < 4.78 is 40.0. The Balaban J connectivity index is 2.22. The summed E-state index contributed by atoms with van der Waals surface area (Å²) in [5, 5.41) is 14.3. The Morgan fingerprint density at radius 1 is 1.57 bits per heavy atom. The number of rotatable bonds is 4. The number of hydrogen-bond acceptors (Lipinski definition) is 4. The first-order valence-corrected chi connectivity index (χ1v) is 3.85. The van der Waals surface area contributed by atoms with Gasteiger partial charge in [-0.2, -0.15) is 13.2 Å². The smallest absolute Gasteiger partial charge is 0.382 e. The predicted molar refractivity (Wildman–Crippen MR) is 40.3 cm³/mol. The summed E-state index contributed by atoms with van der Waals surface area (Å²) in [6.45, 7) is -0.461. The van der Waals surface area contributed by atoms with Gasteiger partial charge < -0.3 is 14.9 Å². The summed E-state index contributed by atoms with van der Waals surface area (Å²) in [4.78, 5) is 0. The molecule has 1 heterocycles. The van der Waals surface area contributed by atoms with Gasteiger partial charge in [0.1, 0.15) is 5.76 Å². The monoisotopic (exact) mass is 210 g/mol. The van der Waals surface area contributed by atoms with Gasteiger partial charge >= 0.3 is 6.18 Å². The van der Waals surface area contributed by atoms with Gasteiger partial charge in [0, 0.05) is 12.6 Å². The van der Waals surface area contributed by atoms with Crippen LogP contribution in [0.5, 0.6) is 0 Å². The van der Waals surface area contributed by atoms with Crippen LogP contribution >= 0.6 is 0 Å². The molecule has 0 fully saturated rings. The van der Waals surface area contributed by atoms with Crippen LogP contribution in [0.2, 0.25) is 0 Å². The summed E-state index contributed by atoms with van der Waals surface area (Å²) in [6.07, 6.45) is -5.56.